The van der Waals surface area contributed by atoms with Crippen molar-refractivity contribution in [2.24, 2.45) is 5.73 Å². The molecule has 0 radical (unpaired) electrons. The molecule has 0 amide bonds. The molecule has 0 aromatic heterocycles. The van der Waals surface area contributed by atoms with Gasteiger partial charge < -0.3 is 15.7 Å². The molecule has 0 aliphatic carbocycles. The van der Waals surface area contributed by atoms with E-state index < -0.39 is 5.82 Å². The van der Waals surface area contributed by atoms with E-state index in [2.05, 4.69) is 0 Å². The molecule has 82 valence electrons. The fourth-order valence-electron chi connectivity index (χ4n) is 1.37. The van der Waals surface area contributed by atoms with Crippen LogP contribution >= 0.6 is 0 Å². The fraction of sp³-hybridized carbons (Fsp3) is 0.300. The van der Waals surface area contributed by atoms with Crippen LogP contribution in [0.2, 0.25) is 0 Å². The van der Waals surface area contributed by atoms with Crippen LogP contribution in [0.25, 0.3) is 0 Å². The Bertz CT molecular complexity index is 368. The normalized spacial score (nSPS) is 10.1. The first-order valence-electron chi connectivity index (χ1n) is 4.52. The number of nitrogens with two attached hydrogens (primary N) is 1. The van der Waals surface area contributed by atoms with Crippen molar-refractivity contribution in [3.8, 4) is 0 Å². The van der Waals surface area contributed by atoms with Gasteiger partial charge >= 0.3 is 0 Å². The number of hydrogen-bond acceptors (Lipinski definition) is 3. The molecule has 4 N–H and O–H groups in total. The molecule has 15 heavy (non-hydrogen) atoms. The van der Waals surface area contributed by atoms with E-state index in [0.29, 0.717) is 12.2 Å². The second kappa shape index (κ2) is 4.75. The van der Waals surface area contributed by atoms with Crippen LogP contribution in [0, 0.1) is 11.2 Å². The van der Waals surface area contributed by atoms with E-state index in [1.54, 1.807) is 24.1 Å². The monoisotopic (exact) mass is 211 g/mol. The quantitative estimate of drug-likeness (QED) is 0.502. The van der Waals surface area contributed by atoms with E-state index in [1.165, 1.54) is 6.07 Å². The topological polar surface area (TPSA) is 73.3 Å². The average molecular weight is 211 g/mol. The number of amidine groups is 1. The zero-order chi connectivity index (χ0) is 11.4. The number of halogens is 1. The Hall–Kier alpha value is -1.62. The molecular weight excluding hydrogens is 197 g/mol. The van der Waals surface area contributed by atoms with Gasteiger partial charge in [-0.1, -0.05) is 6.07 Å². The Kier molecular flexibility index (Phi) is 3.62. The van der Waals surface area contributed by atoms with Crippen molar-refractivity contribution >= 4 is 11.5 Å². The zero-order valence-electron chi connectivity index (χ0n) is 8.50. The standard InChI is InChI=1S/C10H14FN3O/c1-14(5-6-15)8-4-2-3-7(11)9(8)10(12)13/h2-4,15H,5-6H2,1H3,(H3,12,13). The van der Waals surface area contributed by atoms with E-state index in [-0.39, 0.29) is 18.0 Å². The van der Waals surface area contributed by atoms with Crippen molar-refractivity contribution < 1.29 is 9.50 Å². The summed E-state index contributed by atoms with van der Waals surface area (Å²) in [6.07, 6.45) is 0. The van der Waals surface area contributed by atoms with Gasteiger partial charge in [-0.05, 0) is 12.1 Å². The third-order valence-electron chi connectivity index (χ3n) is 2.11. The molecule has 0 fully saturated rings. The Balaban J connectivity index is 3.16. The minimum Gasteiger partial charge on any atom is -0.395 e. The number of nitrogen functional groups attached to an aromatic ring is 1. The van der Waals surface area contributed by atoms with Crippen LogP contribution in [0.1, 0.15) is 5.56 Å². The minimum atomic E-state index is -0.523. The molecule has 0 heterocycles. The summed E-state index contributed by atoms with van der Waals surface area (Å²) in [5.74, 6) is -0.835. The van der Waals surface area contributed by atoms with Crippen LogP contribution in [0.15, 0.2) is 18.2 Å². The lowest BCUT2D eigenvalue weighted by Crippen LogP contribution is -2.25. The predicted octanol–water partition coefficient (Wildman–Crippen LogP) is 0.538. The summed E-state index contributed by atoms with van der Waals surface area (Å²) in [4.78, 5) is 1.65. The van der Waals surface area contributed by atoms with Crippen LogP contribution in [-0.2, 0) is 0 Å². The lowest BCUT2D eigenvalue weighted by atomic mass is 10.1. The highest BCUT2D eigenvalue weighted by atomic mass is 19.1. The fourth-order valence-corrected chi connectivity index (χ4v) is 1.37. The summed E-state index contributed by atoms with van der Waals surface area (Å²) in [5, 5.41) is 16.1. The van der Waals surface area contributed by atoms with E-state index in [1.807, 2.05) is 0 Å². The van der Waals surface area contributed by atoms with Crippen LogP contribution < -0.4 is 10.6 Å². The largest absolute Gasteiger partial charge is 0.395 e. The number of nitrogens with one attached hydrogen (secondary N) is 1. The van der Waals surface area contributed by atoms with Crippen LogP contribution in [0.4, 0.5) is 10.1 Å². The van der Waals surface area contributed by atoms with Gasteiger partial charge in [-0.2, -0.15) is 0 Å². The second-order valence-electron chi connectivity index (χ2n) is 3.19. The van der Waals surface area contributed by atoms with Crippen molar-refractivity contribution in [3.05, 3.63) is 29.6 Å². The third-order valence-corrected chi connectivity index (χ3v) is 2.11. The number of rotatable bonds is 4. The molecule has 0 aliphatic heterocycles. The van der Waals surface area contributed by atoms with Gasteiger partial charge in [0.15, 0.2) is 0 Å². The molecule has 0 unspecified atom stereocenters. The first kappa shape index (κ1) is 11.5. The van der Waals surface area contributed by atoms with Gasteiger partial charge in [0, 0.05) is 13.6 Å². The number of likely N-dealkylation sites (N-methyl/N-ethyl adjacent to an activating group) is 1. The highest BCUT2D eigenvalue weighted by molar-refractivity contribution is 6.00. The Morgan fingerprint density at radius 1 is 1.60 bits per heavy atom. The smallest absolute Gasteiger partial charge is 0.136 e. The van der Waals surface area contributed by atoms with Gasteiger partial charge in [0.05, 0.1) is 17.9 Å². The van der Waals surface area contributed by atoms with Gasteiger partial charge in [-0.3, -0.25) is 5.41 Å². The molecule has 0 bridgehead atoms. The predicted molar refractivity (Wildman–Crippen MR) is 57.8 cm³/mol. The number of aliphatic hydroxyl groups is 1. The maximum Gasteiger partial charge on any atom is 0.136 e. The number of aliphatic hydroxyl groups excluding tert-OH is 1. The highest BCUT2D eigenvalue weighted by Gasteiger charge is 2.13. The Morgan fingerprint density at radius 2 is 2.27 bits per heavy atom. The van der Waals surface area contributed by atoms with Crippen molar-refractivity contribution in [2.75, 3.05) is 25.1 Å². The number of hydrogen-bond donors (Lipinski definition) is 3. The highest BCUT2D eigenvalue weighted by Crippen LogP contribution is 2.21. The summed E-state index contributed by atoms with van der Waals surface area (Å²) in [5.41, 5.74) is 5.89. The summed E-state index contributed by atoms with van der Waals surface area (Å²) >= 11 is 0. The van der Waals surface area contributed by atoms with E-state index in [9.17, 15) is 4.39 Å². The maximum atomic E-state index is 13.4. The van der Waals surface area contributed by atoms with E-state index >= 15 is 0 Å². The number of nitrogens with zero attached hydrogens (tertiary/aromatic N) is 1. The molecular formula is C10H14FN3O. The summed E-state index contributed by atoms with van der Waals surface area (Å²) in [6, 6.07) is 4.47. The van der Waals surface area contributed by atoms with Crippen LogP contribution in [0.3, 0.4) is 0 Å². The van der Waals surface area contributed by atoms with Gasteiger partial charge in [0.25, 0.3) is 0 Å². The van der Waals surface area contributed by atoms with Crippen molar-refractivity contribution in [1.29, 1.82) is 5.41 Å². The number of benzene rings is 1. The van der Waals surface area contributed by atoms with Crippen LogP contribution in [0.5, 0.6) is 0 Å². The summed E-state index contributed by atoms with van der Waals surface area (Å²) in [6.45, 7) is 0.327. The molecule has 0 aliphatic rings. The lowest BCUT2D eigenvalue weighted by molar-refractivity contribution is 0.304. The molecule has 1 rings (SSSR count). The number of anilines is 1. The van der Waals surface area contributed by atoms with Crippen LogP contribution in [-0.4, -0.2) is 31.1 Å². The van der Waals surface area contributed by atoms with Gasteiger partial charge in [-0.25, -0.2) is 4.39 Å². The lowest BCUT2D eigenvalue weighted by Gasteiger charge is -2.21. The first-order chi connectivity index (χ1) is 7.07. The summed E-state index contributed by atoms with van der Waals surface area (Å²) < 4.78 is 13.4. The molecule has 1 aromatic rings. The third kappa shape index (κ3) is 2.44. The van der Waals surface area contributed by atoms with Crippen molar-refractivity contribution in [2.45, 2.75) is 0 Å². The molecule has 0 saturated carbocycles. The van der Waals surface area contributed by atoms with Crippen molar-refractivity contribution in [3.63, 3.8) is 0 Å². The molecule has 0 atom stereocenters. The van der Waals surface area contributed by atoms with Gasteiger partial charge in [0.2, 0.25) is 0 Å². The Morgan fingerprint density at radius 3 is 2.80 bits per heavy atom. The maximum absolute atomic E-state index is 13.4. The van der Waals surface area contributed by atoms with Gasteiger partial charge in [0.1, 0.15) is 11.7 Å². The molecule has 1 aromatic carbocycles. The average Bonchev–Trinajstić information content (AvgIpc) is 2.17. The SMILES string of the molecule is CN(CCO)c1cccc(F)c1C(=N)N. The second-order valence-corrected chi connectivity index (χ2v) is 3.19. The Labute approximate surface area is 87.6 Å². The van der Waals surface area contributed by atoms with Gasteiger partial charge in [-0.15, -0.1) is 0 Å². The molecule has 0 spiro atoms. The zero-order valence-corrected chi connectivity index (χ0v) is 8.50. The molecule has 0 saturated heterocycles. The van der Waals surface area contributed by atoms with E-state index in [0.717, 1.165) is 0 Å². The van der Waals surface area contributed by atoms with E-state index in [4.69, 9.17) is 16.2 Å². The minimum absolute atomic E-state index is 0.0373. The molecule has 5 heteroatoms. The molecule has 4 nitrogen and oxygen atoms in total. The summed E-state index contributed by atoms with van der Waals surface area (Å²) in [7, 11) is 1.71. The first-order valence-corrected chi connectivity index (χ1v) is 4.52. The van der Waals surface area contributed by atoms with Crippen molar-refractivity contribution in [1.82, 2.24) is 0 Å².